The Balaban J connectivity index is 2.02. The minimum Gasteiger partial charge on any atom is -0.481 e. The van der Waals surface area contributed by atoms with Crippen LogP contribution >= 0.6 is 11.8 Å². The van der Waals surface area contributed by atoms with E-state index in [-0.39, 0.29) is 5.41 Å². The van der Waals surface area contributed by atoms with E-state index in [0.29, 0.717) is 5.92 Å². The molecule has 2 aliphatic rings. The van der Waals surface area contributed by atoms with Gasteiger partial charge in [0.2, 0.25) is 0 Å². The molecule has 15 heavy (non-hydrogen) atoms. The molecule has 1 N–H and O–H groups in total. The minimum atomic E-state index is -0.518. The molecule has 0 saturated heterocycles. The molecule has 3 heteroatoms. The number of hydrogen-bond acceptors (Lipinski definition) is 2. The van der Waals surface area contributed by atoms with Crippen LogP contribution in [0, 0.1) is 17.3 Å². The predicted molar refractivity (Wildman–Crippen MR) is 63.1 cm³/mol. The lowest BCUT2D eigenvalue weighted by atomic mass is 9.70. The van der Waals surface area contributed by atoms with Crippen LogP contribution < -0.4 is 0 Å². The average molecular weight is 228 g/mol. The number of carboxylic acid groups (broad SMARTS) is 1. The molecule has 2 saturated carbocycles. The van der Waals surface area contributed by atoms with Gasteiger partial charge in [-0.1, -0.05) is 6.42 Å². The Morgan fingerprint density at radius 2 is 2.33 bits per heavy atom. The summed E-state index contributed by atoms with van der Waals surface area (Å²) in [6, 6.07) is 0. The van der Waals surface area contributed by atoms with Crippen molar-refractivity contribution in [1.82, 2.24) is 0 Å². The fourth-order valence-corrected chi connectivity index (χ4v) is 4.08. The second-order valence-corrected chi connectivity index (χ2v) is 6.12. The van der Waals surface area contributed by atoms with Gasteiger partial charge in [0.15, 0.2) is 0 Å². The number of fused-ring (bicyclic) bond motifs is 2. The van der Waals surface area contributed by atoms with Gasteiger partial charge in [-0.15, -0.1) is 0 Å². The topological polar surface area (TPSA) is 37.3 Å². The molecule has 2 nitrogen and oxygen atoms in total. The van der Waals surface area contributed by atoms with Crippen LogP contribution in [0.4, 0.5) is 0 Å². The van der Waals surface area contributed by atoms with E-state index in [9.17, 15) is 9.90 Å². The first-order valence-corrected chi connectivity index (χ1v) is 7.31. The molecule has 2 rings (SSSR count). The average Bonchev–Trinajstić information content (AvgIpc) is 2.78. The molecule has 3 unspecified atom stereocenters. The van der Waals surface area contributed by atoms with Crippen molar-refractivity contribution in [3.05, 3.63) is 0 Å². The number of carbonyl (C=O) groups is 1. The van der Waals surface area contributed by atoms with Crippen molar-refractivity contribution in [2.45, 2.75) is 38.5 Å². The quantitative estimate of drug-likeness (QED) is 0.735. The highest BCUT2D eigenvalue weighted by atomic mass is 32.2. The van der Waals surface area contributed by atoms with Gasteiger partial charge < -0.3 is 5.11 Å². The maximum atomic E-state index is 11.5. The smallest absolute Gasteiger partial charge is 0.309 e. The number of aliphatic carboxylic acids is 1. The zero-order valence-corrected chi connectivity index (χ0v) is 10.2. The standard InChI is InChI=1S/C12H20O2S/c1-15-6-2-5-12(11(13)14)8-9-3-4-10(12)7-9/h9-10H,2-8H2,1H3,(H,13,14). The Labute approximate surface area is 95.8 Å². The maximum Gasteiger partial charge on any atom is 0.309 e. The van der Waals surface area contributed by atoms with Crippen LogP contribution in [0.25, 0.3) is 0 Å². The molecule has 0 aromatic carbocycles. The summed E-state index contributed by atoms with van der Waals surface area (Å²) in [7, 11) is 0. The number of carboxylic acids is 1. The third-order valence-corrected chi connectivity index (χ3v) is 5.07. The molecule has 2 fully saturated rings. The van der Waals surface area contributed by atoms with Crippen LogP contribution in [-0.4, -0.2) is 23.1 Å². The van der Waals surface area contributed by atoms with E-state index in [2.05, 4.69) is 6.26 Å². The summed E-state index contributed by atoms with van der Waals surface area (Å²) in [6.45, 7) is 0. The molecular formula is C12H20O2S. The molecule has 3 atom stereocenters. The van der Waals surface area contributed by atoms with Crippen molar-refractivity contribution < 1.29 is 9.90 Å². The van der Waals surface area contributed by atoms with Crippen molar-refractivity contribution in [2.75, 3.05) is 12.0 Å². The maximum absolute atomic E-state index is 11.5. The van der Waals surface area contributed by atoms with Gasteiger partial charge in [-0.2, -0.15) is 11.8 Å². The van der Waals surface area contributed by atoms with Crippen LogP contribution in [-0.2, 0) is 4.79 Å². The minimum absolute atomic E-state index is 0.335. The summed E-state index contributed by atoms with van der Waals surface area (Å²) < 4.78 is 0. The molecule has 2 bridgehead atoms. The SMILES string of the molecule is CSCCCC1(C(=O)O)CC2CCC1C2. The normalized spacial score (nSPS) is 38.5. The van der Waals surface area contributed by atoms with Gasteiger partial charge in [0.25, 0.3) is 0 Å². The lowest BCUT2D eigenvalue weighted by Gasteiger charge is -2.33. The largest absolute Gasteiger partial charge is 0.481 e. The van der Waals surface area contributed by atoms with Crippen LogP contribution in [0.1, 0.15) is 38.5 Å². The van der Waals surface area contributed by atoms with E-state index in [1.165, 1.54) is 12.8 Å². The zero-order chi connectivity index (χ0) is 10.9. The van der Waals surface area contributed by atoms with E-state index in [0.717, 1.165) is 37.4 Å². The Morgan fingerprint density at radius 3 is 2.80 bits per heavy atom. The summed E-state index contributed by atoms with van der Waals surface area (Å²) in [4.78, 5) is 11.5. The van der Waals surface area contributed by atoms with E-state index < -0.39 is 5.97 Å². The zero-order valence-electron chi connectivity index (χ0n) is 9.37. The van der Waals surface area contributed by atoms with Crippen molar-refractivity contribution >= 4 is 17.7 Å². The Bertz CT molecular complexity index is 254. The molecule has 0 aromatic heterocycles. The summed E-state index contributed by atoms with van der Waals surface area (Å²) in [6.07, 6.45) is 8.65. The van der Waals surface area contributed by atoms with Gasteiger partial charge in [-0.3, -0.25) is 4.79 Å². The first-order chi connectivity index (χ1) is 7.19. The number of hydrogen-bond donors (Lipinski definition) is 1. The van der Waals surface area contributed by atoms with Crippen molar-refractivity contribution in [1.29, 1.82) is 0 Å². The van der Waals surface area contributed by atoms with Gasteiger partial charge in [0, 0.05) is 0 Å². The monoisotopic (exact) mass is 228 g/mol. The lowest BCUT2D eigenvalue weighted by Crippen LogP contribution is -2.36. The second-order valence-electron chi connectivity index (χ2n) is 5.14. The molecule has 0 spiro atoms. The molecule has 0 radical (unpaired) electrons. The lowest BCUT2D eigenvalue weighted by molar-refractivity contribution is -0.153. The van der Waals surface area contributed by atoms with Crippen LogP contribution in [0.2, 0.25) is 0 Å². The first-order valence-electron chi connectivity index (χ1n) is 5.91. The summed E-state index contributed by atoms with van der Waals surface area (Å²) in [5, 5.41) is 9.48. The summed E-state index contributed by atoms with van der Waals surface area (Å²) in [5.74, 6) is 1.80. The van der Waals surface area contributed by atoms with E-state index in [1.807, 2.05) is 11.8 Å². The predicted octanol–water partition coefficient (Wildman–Crippen LogP) is 3.02. The highest BCUT2D eigenvalue weighted by molar-refractivity contribution is 7.98. The number of rotatable bonds is 5. The third kappa shape index (κ3) is 1.91. The molecule has 0 amide bonds. The molecule has 86 valence electrons. The van der Waals surface area contributed by atoms with Gasteiger partial charge in [0.05, 0.1) is 5.41 Å². The van der Waals surface area contributed by atoms with Crippen LogP contribution in [0.5, 0.6) is 0 Å². The molecular weight excluding hydrogens is 208 g/mol. The Kier molecular flexibility index (Phi) is 3.29. The van der Waals surface area contributed by atoms with E-state index in [1.54, 1.807) is 0 Å². The molecule has 0 heterocycles. The van der Waals surface area contributed by atoms with Crippen molar-refractivity contribution in [3.8, 4) is 0 Å². The van der Waals surface area contributed by atoms with Crippen molar-refractivity contribution in [3.63, 3.8) is 0 Å². The van der Waals surface area contributed by atoms with Gasteiger partial charge in [-0.25, -0.2) is 0 Å². The van der Waals surface area contributed by atoms with Crippen LogP contribution in [0.3, 0.4) is 0 Å². The highest BCUT2D eigenvalue weighted by Crippen LogP contribution is 2.58. The summed E-state index contributed by atoms with van der Waals surface area (Å²) in [5.41, 5.74) is -0.335. The van der Waals surface area contributed by atoms with E-state index in [4.69, 9.17) is 0 Å². The highest BCUT2D eigenvalue weighted by Gasteiger charge is 2.55. The molecule has 0 aliphatic heterocycles. The van der Waals surface area contributed by atoms with Gasteiger partial charge in [0.1, 0.15) is 0 Å². The van der Waals surface area contributed by atoms with Gasteiger partial charge >= 0.3 is 5.97 Å². The molecule has 0 aromatic rings. The van der Waals surface area contributed by atoms with E-state index >= 15 is 0 Å². The summed E-state index contributed by atoms with van der Waals surface area (Å²) >= 11 is 1.82. The first kappa shape index (κ1) is 11.3. The Hall–Kier alpha value is -0.180. The van der Waals surface area contributed by atoms with Crippen molar-refractivity contribution in [2.24, 2.45) is 17.3 Å². The molecule has 2 aliphatic carbocycles. The fourth-order valence-electron chi connectivity index (χ4n) is 3.65. The number of thioether (sulfide) groups is 1. The van der Waals surface area contributed by atoms with Crippen LogP contribution in [0.15, 0.2) is 0 Å². The fraction of sp³-hybridized carbons (Fsp3) is 0.917. The second kappa shape index (κ2) is 4.36. The van der Waals surface area contributed by atoms with Gasteiger partial charge in [-0.05, 0) is 55.9 Å². The third-order valence-electron chi connectivity index (χ3n) is 4.37. The Morgan fingerprint density at radius 1 is 1.53 bits per heavy atom.